The smallest absolute Gasteiger partial charge is 0.414 e. The molecule has 2 N–H and O–H groups in total. The van der Waals surface area contributed by atoms with Crippen molar-refractivity contribution in [1.82, 2.24) is 15.6 Å². The number of anilines is 2. The highest BCUT2D eigenvalue weighted by atomic mass is 16.6. The molecule has 4 atom stereocenters. The second-order valence-electron chi connectivity index (χ2n) is 10.9. The van der Waals surface area contributed by atoms with Crippen molar-refractivity contribution in [3.05, 3.63) is 42.6 Å². The van der Waals surface area contributed by atoms with E-state index in [2.05, 4.69) is 20.5 Å². The van der Waals surface area contributed by atoms with Crippen LogP contribution in [0.25, 0.3) is 11.1 Å². The summed E-state index contributed by atoms with van der Waals surface area (Å²) < 4.78 is 10.7. The van der Waals surface area contributed by atoms with E-state index in [4.69, 9.17) is 9.47 Å². The molecule has 3 amide bonds. The summed E-state index contributed by atoms with van der Waals surface area (Å²) in [5.41, 5.74) is 2.23. The zero-order valence-corrected chi connectivity index (χ0v) is 21.6. The molecule has 2 aromatic rings. The van der Waals surface area contributed by atoms with Crippen LogP contribution < -0.4 is 20.4 Å². The number of benzene rings is 1. The monoisotopic (exact) mass is 507 g/mol. The third kappa shape index (κ3) is 5.63. The Morgan fingerprint density at radius 1 is 1.05 bits per heavy atom. The standard InChI is InChI=1S/C27H33N5O5/c1-16(33)28-12-20-13-32(26(35)36-20)19-8-5-17(6-9-19)18-7-10-23(29-11-18)31-14-21-22(15-31)24(21)30-25(34)37-27(2,3)4/h5-11,20-22,24H,12-15H2,1-4H3,(H,28,33)(H,30,34)/t20-,21-,22+,24?/m0/s1. The van der Waals surface area contributed by atoms with Crippen LogP contribution in [0.2, 0.25) is 0 Å². The minimum atomic E-state index is -0.496. The number of cyclic esters (lactones) is 1. The lowest BCUT2D eigenvalue weighted by atomic mass is 10.1. The van der Waals surface area contributed by atoms with E-state index < -0.39 is 11.7 Å². The van der Waals surface area contributed by atoms with E-state index in [1.165, 1.54) is 6.92 Å². The summed E-state index contributed by atoms with van der Waals surface area (Å²) >= 11 is 0. The third-order valence-electron chi connectivity index (χ3n) is 6.91. The number of aromatic nitrogens is 1. The SMILES string of the molecule is CC(=O)NC[C@H]1CN(c2ccc(-c3ccc(N4C[C@@H]5C(NC(=O)OC(C)(C)C)[C@@H]5C4)nc3)cc2)C(=O)O1. The fraction of sp³-hybridized carbons (Fsp3) is 0.481. The molecule has 1 unspecified atom stereocenters. The van der Waals surface area contributed by atoms with Crippen molar-refractivity contribution in [2.45, 2.75) is 45.4 Å². The number of fused-ring (bicyclic) bond motifs is 1. The van der Waals surface area contributed by atoms with Crippen LogP contribution in [0.4, 0.5) is 21.1 Å². The summed E-state index contributed by atoms with van der Waals surface area (Å²) in [6.45, 7) is 9.44. The van der Waals surface area contributed by atoms with Gasteiger partial charge < -0.3 is 25.0 Å². The fourth-order valence-corrected chi connectivity index (χ4v) is 5.05. The molecule has 0 bridgehead atoms. The van der Waals surface area contributed by atoms with Crippen LogP contribution >= 0.6 is 0 Å². The summed E-state index contributed by atoms with van der Waals surface area (Å²) in [5.74, 6) is 1.63. The summed E-state index contributed by atoms with van der Waals surface area (Å²) in [7, 11) is 0. The number of rotatable bonds is 6. The first kappa shape index (κ1) is 24.9. The van der Waals surface area contributed by atoms with E-state index in [0.717, 1.165) is 35.7 Å². The molecule has 0 spiro atoms. The van der Waals surface area contributed by atoms with Gasteiger partial charge in [-0.15, -0.1) is 0 Å². The highest BCUT2D eigenvalue weighted by Crippen LogP contribution is 2.46. The Kier molecular flexibility index (Phi) is 6.43. The molecule has 3 heterocycles. The van der Waals surface area contributed by atoms with Crippen LogP contribution in [-0.2, 0) is 14.3 Å². The molecule has 2 saturated heterocycles. The fourth-order valence-electron chi connectivity index (χ4n) is 5.05. The Balaban J connectivity index is 1.14. The van der Waals surface area contributed by atoms with Crippen LogP contribution in [0.1, 0.15) is 27.7 Å². The van der Waals surface area contributed by atoms with E-state index in [-0.39, 0.29) is 24.1 Å². The first-order chi connectivity index (χ1) is 17.6. The van der Waals surface area contributed by atoms with Crippen molar-refractivity contribution < 1.29 is 23.9 Å². The van der Waals surface area contributed by atoms with Gasteiger partial charge in [-0.1, -0.05) is 12.1 Å². The largest absolute Gasteiger partial charge is 0.444 e. The molecular weight excluding hydrogens is 474 g/mol. The van der Waals surface area contributed by atoms with Gasteiger partial charge in [-0.25, -0.2) is 14.6 Å². The maximum Gasteiger partial charge on any atom is 0.414 e. The molecule has 1 aromatic carbocycles. The summed E-state index contributed by atoms with van der Waals surface area (Å²) in [6.07, 6.45) is 0.727. The van der Waals surface area contributed by atoms with E-state index in [1.54, 1.807) is 4.90 Å². The van der Waals surface area contributed by atoms with Crippen LogP contribution in [0, 0.1) is 11.8 Å². The molecule has 1 saturated carbocycles. The number of hydrogen-bond acceptors (Lipinski definition) is 7. The number of nitrogens with zero attached hydrogens (tertiary/aromatic N) is 3. The molecule has 10 heteroatoms. The minimum absolute atomic E-state index is 0.153. The lowest BCUT2D eigenvalue weighted by Crippen LogP contribution is -2.38. The molecule has 5 rings (SSSR count). The molecule has 0 radical (unpaired) electrons. The lowest BCUT2D eigenvalue weighted by molar-refractivity contribution is -0.119. The highest BCUT2D eigenvalue weighted by Gasteiger charge is 2.57. The number of pyridine rings is 1. The molecule has 196 valence electrons. The Morgan fingerprint density at radius 2 is 1.73 bits per heavy atom. The maximum atomic E-state index is 12.3. The first-order valence-electron chi connectivity index (χ1n) is 12.6. The third-order valence-corrected chi connectivity index (χ3v) is 6.91. The Morgan fingerprint density at radius 3 is 2.32 bits per heavy atom. The molecule has 37 heavy (non-hydrogen) atoms. The quantitative estimate of drug-likeness (QED) is 0.618. The number of alkyl carbamates (subject to hydrolysis) is 1. The molecule has 3 aliphatic rings. The van der Waals surface area contributed by atoms with Crippen molar-refractivity contribution in [2.75, 3.05) is 36.0 Å². The number of carbonyl (C=O) groups is 3. The summed E-state index contributed by atoms with van der Waals surface area (Å²) in [4.78, 5) is 43.9. The van der Waals surface area contributed by atoms with Crippen molar-refractivity contribution in [3.63, 3.8) is 0 Å². The zero-order chi connectivity index (χ0) is 26.3. The lowest BCUT2D eigenvalue weighted by Gasteiger charge is -2.23. The number of carbonyl (C=O) groups excluding carboxylic acids is 3. The topological polar surface area (TPSA) is 113 Å². The normalized spacial score (nSPS) is 24.4. The zero-order valence-electron chi connectivity index (χ0n) is 21.6. The highest BCUT2D eigenvalue weighted by molar-refractivity contribution is 5.90. The summed E-state index contributed by atoms with van der Waals surface area (Å²) in [6, 6.07) is 11.9. The van der Waals surface area contributed by atoms with E-state index in [9.17, 15) is 14.4 Å². The number of ether oxygens (including phenoxy) is 2. The van der Waals surface area contributed by atoms with Crippen LogP contribution in [0.5, 0.6) is 0 Å². The molecule has 10 nitrogen and oxygen atoms in total. The van der Waals surface area contributed by atoms with Gasteiger partial charge >= 0.3 is 12.2 Å². The number of nitrogens with one attached hydrogen (secondary N) is 2. The van der Waals surface area contributed by atoms with Crippen molar-refractivity contribution >= 4 is 29.6 Å². The van der Waals surface area contributed by atoms with Crippen molar-refractivity contribution in [1.29, 1.82) is 0 Å². The van der Waals surface area contributed by atoms with Gasteiger partial charge in [0.05, 0.1) is 13.1 Å². The summed E-state index contributed by atoms with van der Waals surface area (Å²) in [5, 5.41) is 5.68. The number of piperidine rings is 1. The van der Waals surface area contributed by atoms with Gasteiger partial charge in [-0.2, -0.15) is 0 Å². The van der Waals surface area contributed by atoms with Gasteiger partial charge in [-0.05, 0) is 50.6 Å². The molecular formula is C27H33N5O5. The number of amides is 3. The molecule has 2 aliphatic heterocycles. The predicted molar refractivity (Wildman–Crippen MR) is 138 cm³/mol. The predicted octanol–water partition coefficient (Wildman–Crippen LogP) is 3.17. The first-order valence-corrected chi connectivity index (χ1v) is 12.6. The van der Waals surface area contributed by atoms with Crippen LogP contribution in [0.3, 0.4) is 0 Å². The van der Waals surface area contributed by atoms with Gasteiger partial charge in [0.25, 0.3) is 0 Å². The van der Waals surface area contributed by atoms with Gasteiger partial charge in [0.15, 0.2) is 0 Å². The molecule has 1 aromatic heterocycles. The van der Waals surface area contributed by atoms with E-state index in [0.29, 0.717) is 24.9 Å². The average Bonchev–Trinajstić information content (AvgIpc) is 3.16. The minimum Gasteiger partial charge on any atom is -0.444 e. The molecule has 3 fully saturated rings. The maximum absolute atomic E-state index is 12.3. The van der Waals surface area contributed by atoms with Gasteiger partial charge in [0.1, 0.15) is 17.5 Å². The molecule has 1 aliphatic carbocycles. The van der Waals surface area contributed by atoms with E-state index >= 15 is 0 Å². The Labute approximate surface area is 216 Å². The van der Waals surface area contributed by atoms with Gasteiger partial charge in [0, 0.05) is 55.3 Å². The second-order valence-corrected chi connectivity index (χ2v) is 10.9. The second kappa shape index (κ2) is 9.57. The average molecular weight is 508 g/mol. The number of hydrogen-bond donors (Lipinski definition) is 2. The van der Waals surface area contributed by atoms with Crippen molar-refractivity contribution in [2.24, 2.45) is 11.8 Å². The van der Waals surface area contributed by atoms with Gasteiger partial charge in [-0.3, -0.25) is 9.69 Å². The van der Waals surface area contributed by atoms with Crippen molar-refractivity contribution in [3.8, 4) is 11.1 Å². The van der Waals surface area contributed by atoms with Crippen LogP contribution in [-0.4, -0.2) is 67.0 Å². The Bertz CT molecular complexity index is 1170. The van der Waals surface area contributed by atoms with E-state index in [1.807, 2.05) is 63.4 Å². The van der Waals surface area contributed by atoms with Gasteiger partial charge in [0.2, 0.25) is 5.91 Å². The Hall–Kier alpha value is -3.82. The van der Waals surface area contributed by atoms with Crippen LogP contribution in [0.15, 0.2) is 42.6 Å².